The van der Waals surface area contributed by atoms with Gasteiger partial charge < -0.3 is 8.98 Å². The lowest BCUT2D eigenvalue weighted by molar-refractivity contribution is 0.665. The Hall–Kier alpha value is -4.30. The lowest BCUT2D eigenvalue weighted by Gasteiger charge is -2.09. The number of rotatable bonds is 2. The van der Waals surface area contributed by atoms with Crippen molar-refractivity contribution in [1.82, 2.24) is 4.57 Å². The first-order valence-electron chi connectivity index (χ1n) is 11.7. The van der Waals surface area contributed by atoms with E-state index >= 15 is 0 Å². The maximum Gasteiger partial charge on any atom is 0.138 e. The van der Waals surface area contributed by atoms with E-state index in [4.69, 9.17) is 4.42 Å². The second kappa shape index (κ2) is 7.10. The van der Waals surface area contributed by atoms with Crippen molar-refractivity contribution in [2.45, 2.75) is 13.8 Å². The molecule has 0 fully saturated rings. The SMILES string of the molecule is Cc1ccccc1-c1ccc2c(c1)c1ccccc1n2-c1ccc2oc3c(C)cccc3c2c1. The normalized spacial score (nSPS) is 11.8. The number of fused-ring (bicyclic) bond motifs is 6. The summed E-state index contributed by atoms with van der Waals surface area (Å²) in [5, 5.41) is 4.85. The summed E-state index contributed by atoms with van der Waals surface area (Å²) in [6.07, 6.45) is 0. The Bertz CT molecular complexity index is 1880. The third-order valence-electron chi connectivity index (χ3n) is 7.06. The molecule has 0 aliphatic carbocycles. The first-order chi connectivity index (χ1) is 16.7. The van der Waals surface area contributed by atoms with Crippen molar-refractivity contribution in [3.63, 3.8) is 0 Å². The van der Waals surface area contributed by atoms with E-state index in [9.17, 15) is 0 Å². The van der Waals surface area contributed by atoms with Crippen LogP contribution in [0.15, 0.2) is 108 Å². The van der Waals surface area contributed by atoms with Crippen LogP contribution in [0, 0.1) is 13.8 Å². The predicted octanol–water partition coefficient (Wildman–Crippen LogP) is 8.97. The van der Waals surface area contributed by atoms with Gasteiger partial charge in [-0.25, -0.2) is 0 Å². The van der Waals surface area contributed by atoms with Crippen LogP contribution < -0.4 is 0 Å². The highest BCUT2D eigenvalue weighted by molar-refractivity contribution is 6.11. The topological polar surface area (TPSA) is 18.1 Å². The maximum atomic E-state index is 6.20. The molecule has 0 radical (unpaired) electrons. The van der Waals surface area contributed by atoms with Crippen LogP contribution in [0.25, 0.3) is 60.6 Å². The van der Waals surface area contributed by atoms with E-state index in [1.807, 2.05) is 0 Å². The zero-order chi connectivity index (χ0) is 22.8. The van der Waals surface area contributed by atoms with Gasteiger partial charge in [-0.2, -0.15) is 0 Å². The highest BCUT2D eigenvalue weighted by Crippen LogP contribution is 2.37. The fourth-order valence-corrected chi connectivity index (χ4v) is 5.38. The Balaban J connectivity index is 1.53. The first-order valence-corrected chi connectivity index (χ1v) is 11.7. The van der Waals surface area contributed by atoms with E-state index in [1.54, 1.807) is 0 Å². The van der Waals surface area contributed by atoms with Crippen LogP contribution >= 0.6 is 0 Å². The second-order valence-electron chi connectivity index (χ2n) is 9.13. The lowest BCUT2D eigenvalue weighted by atomic mass is 9.99. The van der Waals surface area contributed by atoms with E-state index in [-0.39, 0.29) is 0 Å². The summed E-state index contributed by atoms with van der Waals surface area (Å²) in [4.78, 5) is 0. The van der Waals surface area contributed by atoms with Crippen molar-refractivity contribution in [2.24, 2.45) is 0 Å². The van der Waals surface area contributed by atoms with Gasteiger partial charge in [-0.3, -0.25) is 0 Å². The van der Waals surface area contributed by atoms with Crippen molar-refractivity contribution >= 4 is 43.7 Å². The molecule has 7 aromatic rings. The average molecular weight is 438 g/mol. The molecule has 34 heavy (non-hydrogen) atoms. The number of furan rings is 1. The largest absolute Gasteiger partial charge is 0.456 e. The highest BCUT2D eigenvalue weighted by atomic mass is 16.3. The van der Waals surface area contributed by atoms with Crippen molar-refractivity contribution in [2.75, 3.05) is 0 Å². The third-order valence-corrected chi connectivity index (χ3v) is 7.06. The molecule has 0 N–H and O–H groups in total. The molecule has 2 aromatic heterocycles. The van der Waals surface area contributed by atoms with Crippen molar-refractivity contribution in [1.29, 1.82) is 0 Å². The summed E-state index contributed by atoms with van der Waals surface area (Å²) in [6, 6.07) is 37.0. The first kappa shape index (κ1) is 19.2. The van der Waals surface area contributed by atoms with Gasteiger partial charge in [-0.1, -0.05) is 66.7 Å². The number of hydrogen-bond acceptors (Lipinski definition) is 1. The van der Waals surface area contributed by atoms with Crippen LogP contribution in [0.4, 0.5) is 0 Å². The van der Waals surface area contributed by atoms with Crippen LogP contribution in [-0.2, 0) is 0 Å². The summed E-state index contributed by atoms with van der Waals surface area (Å²) >= 11 is 0. The number of nitrogens with zero attached hydrogens (tertiary/aromatic N) is 1. The van der Waals surface area contributed by atoms with Gasteiger partial charge >= 0.3 is 0 Å². The molecule has 0 aliphatic heterocycles. The van der Waals surface area contributed by atoms with E-state index in [2.05, 4.69) is 122 Å². The van der Waals surface area contributed by atoms with Crippen molar-refractivity contribution in [3.8, 4) is 16.8 Å². The van der Waals surface area contributed by atoms with E-state index in [1.165, 1.54) is 43.9 Å². The molecule has 5 aromatic carbocycles. The zero-order valence-corrected chi connectivity index (χ0v) is 19.2. The van der Waals surface area contributed by atoms with Gasteiger partial charge in [-0.15, -0.1) is 0 Å². The Morgan fingerprint density at radius 3 is 2.24 bits per heavy atom. The smallest absolute Gasteiger partial charge is 0.138 e. The van der Waals surface area contributed by atoms with Crippen LogP contribution in [0.5, 0.6) is 0 Å². The number of aryl methyl sites for hydroxylation is 2. The maximum absolute atomic E-state index is 6.20. The summed E-state index contributed by atoms with van der Waals surface area (Å²) in [5.74, 6) is 0. The van der Waals surface area contributed by atoms with Crippen LogP contribution in [0.1, 0.15) is 11.1 Å². The third kappa shape index (κ3) is 2.69. The standard InChI is InChI=1S/C32H23NO/c1-20-8-3-4-10-24(20)22-14-16-30-27(18-22)25-11-5-6-13-29(25)33(30)23-15-17-31-28(19-23)26-12-7-9-21(2)32(26)34-31/h3-19H,1-2H3. The minimum absolute atomic E-state index is 0.927. The molecule has 0 bridgehead atoms. The Morgan fingerprint density at radius 1 is 0.559 bits per heavy atom. The van der Waals surface area contributed by atoms with E-state index in [0.29, 0.717) is 0 Å². The average Bonchev–Trinajstić information content (AvgIpc) is 3.40. The van der Waals surface area contributed by atoms with Gasteiger partial charge in [0.2, 0.25) is 0 Å². The number of aromatic nitrogens is 1. The number of para-hydroxylation sites is 2. The molecule has 0 amide bonds. The predicted molar refractivity (Wildman–Crippen MR) is 143 cm³/mol. The molecular weight excluding hydrogens is 414 g/mol. The number of hydrogen-bond donors (Lipinski definition) is 0. The Labute approximate surface area is 197 Å². The molecular formula is C32H23NO. The molecule has 0 aliphatic rings. The van der Waals surface area contributed by atoms with Gasteiger partial charge in [0.15, 0.2) is 0 Å². The van der Waals surface area contributed by atoms with Gasteiger partial charge in [0.25, 0.3) is 0 Å². The van der Waals surface area contributed by atoms with Crippen LogP contribution in [-0.4, -0.2) is 4.57 Å². The summed E-state index contributed by atoms with van der Waals surface area (Å²) in [6.45, 7) is 4.28. The molecule has 0 spiro atoms. The molecule has 0 unspecified atom stereocenters. The number of benzene rings is 5. The second-order valence-corrected chi connectivity index (χ2v) is 9.13. The van der Waals surface area contributed by atoms with Gasteiger partial charge in [0.05, 0.1) is 11.0 Å². The zero-order valence-electron chi connectivity index (χ0n) is 19.2. The molecule has 2 heterocycles. The molecule has 7 rings (SSSR count). The van der Waals surface area contributed by atoms with Gasteiger partial charge in [-0.05, 0) is 72.5 Å². The molecule has 0 atom stereocenters. The van der Waals surface area contributed by atoms with Gasteiger partial charge in [0.1, 0.15) is 11.2 Å². The molecule has 2 heteroatoms. The summed E-state index contributed by atoms with van der Waals surface area (Å²) in [7, 11) is 0. The fraction of sp³-hybridized carbons (Fsp3) is 0.0625. The quantitative estimate of drug-likeness (QED) is 0.264. The monoisotopic (exact) mass is 437 g/mol. The minimum atomic E-state index is 0.927. The summed E-state index contributed by atoms with van der Waals surface area (Å²) in [5.41, 5.74) is 10.4. The van der Waals surface area contributed by atoms with E-state index < -0.39 is 0 Å². The van der Waals surface area contributed by atoms with E-state index in [0.717, 1.165) is 27.8 Å². The fourth-order valence-electron chi connectivity index (χ4n) is 5.38. The lowest BCUT2D eigenvalue weighted by Crippen LogP contribution is -1.93. The van der Waals surface area contributed by atoms with Crippen molar-refractivity contribution < 1.29 is 4.42 Å². The molecule has 0 saturated carbocycles. The highest BCUT2D eigenvalue weighted by Gasteiger charge is 2.15. The van der Waals surface area contributed by atoms with Gasteiger partial charge in [0, 0.05) is 27.2 Å². The molecule has 162 valence electrons. The minimum Gasteiger partial charge on any atom is -0.456 e. The molecule has 2 nitrogen and oxygen atoms in total. The Morgan fingerprint density at radius 2 is 1.32 bits per heavy atom. The van der Waals surface area contributed by atoms with Crippen LogP contribution in [0.3, 0.4) is 0 Å². The summed E-state index contributed by atoms with van der Waals surface area (Å²) < 4.78 is 8.57. The van der Waals surface area contributed by atoms with Crippen LogP contribution in [0.2, 0.25) is 0 Å². The molecule has 0 saturated heterocycles. The Kier molecular flexibility index (Phi) is 4.01. The van der Waals surface area contributed by atoms with Crippen molar-refractivity contribution in [3.05, 3.63) is 114 Å².